The Morgan fingerprint density at radius 3 is 2.10 bits per heavy atom. The number of likely N-dealkylation sites (N-methyl/N-ethyl adjacent to an activating group) is 2. The third kappa shape index (κ3) is 4.35. The molecule has 0 bridgehead atoms. The van der Waals surface area contributed by atoms with Crippen molar-refractivity contribution in [3.63, 3.8) is 0 Å². The summed E-state index contributed by atoms with van der Waals surface area (Å²) in [6.07, 6.45) is 4.70. The molecule has 0 saturated heterocycles. The molecule has 2 atom stereocenters. The molecule has 0 aliphatic heterocycles. The Labute approximate surface area is 138 Å². The van der Waals surface area contributed by atoms with Gasteiger partial charge in [0.05, 0.1) is 0 Å². The molecule has 5 heteroatoms. The smallest absolute Gasteiger partial charge is 0.253 e. The van der Waals surface area contributed by atoms with Gasteiger partial charge in [-0.3, -0.25) is 4.79 Å². The molecule has 1 saturated carbocycles. The van der Waals surface area contributed by atoms with E-state index in [1.165, 1.54) is 12.8 Å². The molecule has 0 spiro atoms. The lowest BCUT2D eigenvalue weighted by atomic mass is 9.88. The molecule has 2 rings (SSSR count). The molecule has 21 heavy (non-hydrogen) atoms. The van der Waals surface area contributed by atoms with Gasteiger partial charge in [-0.1, -0.05) is 24.4 Å². The van der Waals surface area contributed by atoms with Gasteiger partial charge in [-0.05, 0) is 51.2 Å². The highest BCUT2D eigenvalue weighted by molar-refractivity contribution is 6.30. The fourth-order valence-electron chi connectivity index (χ4n) is 3.09. The van der Waals surface area contributed by atoms with Crippen molar-refractivity contribution in [2.24, 2.45) is 0 Å². The van der Waals surface area contributed by atoms with Gasteiger partial charge in [0, 0.05) is 29.7 Å². The molecular weight excluding hydrogens is 307 g/mol. The van der Waals surface area contributed by atoms with E-state index < -0.39 is 0 Å². The van der Waals surface area contributed by atoms with E-state index in [4.69, 9.17) is 11.6 Å². The van der Waals surface area contributed by atoms with Gasteiger partial charge in [-0.25, -0.2) is 0 Å². The predicted octanol–water partition coefficient (Wildman–Crippen LogP) is 3.71. The van der Waals surface area contributed by atoms with E-state index in [1.54, 1.807) is 24.3 Å². The first-order valence-electron chi connectivity index (χ1n) is 7.20. The van der Waals surface area contributed by atoms with E-state index >= 15 is 0 Å². The van der Waals surface area contributed by atoms with E-state index in [0.717, 1.165) is 12.8 Å². The van der Waals surface area contributed by atoms with Crippen LogP contribution in [0.2, 0.25) is 5.02 Å². The van der Waals surface area contributed by atoms with Crippen molar-refractivity contribution in [1.29, 1.82) is 0 Å². The average molecular weight is 331 g/mol. The van der Waals surface area contributed by atoms with Gasteiger partial charge in [-0.15, -0.1) is 12.4 Å². The van der Waals surface area contributed by atoms with Crippen molar-refractivity contribution in [2.75, 3.05) is 21.1 Å². The Bertz CT molecular complexity index is 462. The number of carbonyl (C=O) groups excluding carboxylic acids is 1. The third-order valence-electron chi connectivity index (χ3n) is 4.27. The Kier molecular flexibility index (Phi) is 6.98. The van der Waals surface area contributed by atoms with E-state index in [1.807, 2.05) is 11.9 Å². The average Bonchev–Trinajstić information content (AvgIpc) is 2.46. The van der Waals surface area contributed by atoms with Crippen LogP contribution in [-0.2, 0) is 0 Å². The van der Waals surface area contributed by atoms with Crippen LogP contribution >= 0.6 is 24.0 Å². The Balaban J connectivity index is 0.00000220. The van der Waals surface area contributed by atoms with Crippen molar-refractivity contribution in [1.82, 2.24) is 9.80 Å². The van der Waals surface area contributed by atoms with Gasteiger partial charge < -0.3 is 9.80 Å². The van der Waals surface area contributed by atoms with Crippen molar-refractivity contribution < 1.29 is 4.79 Å². The van der Waals surface area contributed by atoms with Crippen LogP contribution in [0.1, 0.15) is 36.0 Å². The Morgan fingerprint density at radius 2 is 1.57 bits per heavy atom. The van der Waals surface area contributed by atoms with Gasteiger partial charge in [0.15, 0.2) is 0 Å². The first kappa shape index (κ1) is 18.3. The van der Waals surface area contributed by atoms with E-state index in [0.29, 0.717) is 22.7 Å². The highest BCUT2D eigenvalue weighted by atomic mass is 35.5. The number of carbonyl (C=O) groups is 1. The van der Waals surface area contributed by atoms with Crippen molar-refractivity contribution in [3.8, 4) is 0 Å². The molecule has 118 valence electrons. The Morgan fingerprint density at radius 1 is 1.05 bits per heavy atom. The van der Waals surface area contributed by atoms with Crippen LogP contribution in [0.4, 0.5) is 0 Å². The maximum absolute atomic E-state index is 12.6. The minimum absolute atomic E-state index is 0. The molecule has 0 radical (unpaired) electrons. The fraction of sp³-hybridized carbons (Fsp3) is 0.562. The molecule has 1 fully saturated rings. The molecule has 0 N–H and O–H groups in total. The summed E-state index contributed by atoms with van der Waals surface area (Å²) >= 11 is 5.88. The van der Waals surface area contributed by atoms with Crippen molar-refractivity contribution in [3.05, 3.63) is 34.9 Å². The summed E-state index contributed by atoms with van der Waals surface area (Å²) in [5.74, 6) is 0.0837. The number of nitrogens with zero attached hydrogens (tertiary/aromatic N) is 2. The SMILES string of the molecule is CN(C)[C@@H]1CCCC[C@H]1N(C)C(=O)c1ccc(Cl)cc1.Cl. The van der Waals surface area contributed by atoms with Crippen LogP contribution in [0.5, 0.6) is 0 Å². The summed E-state index contributed by atoms with van der Waals surface area (Å²) in [6, 6.07) is 7.88. The second-order valence-electron chi connectivity index (χ2n) is 5.81. The quantitative estimate of drug-likeness (QED) is 0.843. The molecule has 1 aromatic carbocycles. The lowest BCUT2D eigenvalue weighted by molar-refractivity contribution is 0.0544. The molecule has 1 aliphatic rings. The van der Waals surface area contributed by atoms with Crippen LogP contribution < -0.4 is 0 Å². The normalized spacial score (nSPS) is 21.8. The van der Waals surface area contributed by atoms with Crippen LogP contribution in [0, 0.1) is 0 Å². The second kappa shape index (κ2) is 8.02. The van der Waals surface area contributed by atoms with Gasteiger partial charge in [0.2, 0.25) is 0 Å². The molecule has 0 heterocycles. The number of hydrogen-bond acceptors (Lipinski definition) is 2. The summed E-state index contributed by atoms with van der Waals surface area (Å²) in [5.41, 5.74) is 0.708. The monoisotopic (exact) mass is 330 g/mol. The highest BCUT2D eigenvalue weighted by Crippen LogP contribution is 2.26. The largest absolute Gasteiger partial charge is 0.337 e. The molecule has 1 aromatic rings. The van der Waals surface area contributed by atoms with Gasteiger partial charge in [0.1, 0.15) is 0 Å². The molecular formula is C16H24Cl2N2O. The Hall–Kier alpha value is -0.770. The third-order valence-corrected chi connectivity index (χ3v) is 4.52. The minimum atomic E-state index is 0. The maximum Gasteiger partial charge on any atom is 0.253 e. The zero-order valence-electron chi connectivity index (χ0n) is 12.9. The summed E-state index contributed by atoms with van der Waals surface area (Å²) in [4.78, 5) is 16.7. The maximum atomic E-state index is 12.6. The molecule has 0 aromatic heterocycles. The number of amides is 1. The summed E-state index contributed by atoms with van der Waals surface area (Å²) in [5, 5.41) is 0.660. The minimum Gasteiger partial charge on any atom is -0.337 e. The number of rotatable bonds is 3. The van der Waals surface area contributed by atoms with Gasteiger partial charge in [0.25, 0.3) is 5.91 Å². The lowest BCUT2D eigenvalue weighted by Crippen LogP contribution is -2.51. The zero-order chi connectivity index (χ0) is 14.7. The lowest BCUT2D eigenvalue weighted by Gasteiger charge is -2.41. The topological polar surface area (TPSA) is 23.6 Å². The summed E-state index contributed by atoms with van der Waals surface area (Å²) < 4.78 is 0. The number of halogens is 2. The first-order valence-corrected chi connectivity index (χ1v) is 7.57. The van der Waals surface area contributed by atoms with Crippen molar-refractivity contribution in [2.45, 2.75) is 37.8 Å². The fourth-order valence-corrected chi connectivity index (χ4v) is 3.22. The molecule has 1 amide bonds. The van der Waals surface area contributed by atoms with Gasteiger partial charge in [-0.2, -0.15) is 0 Å². The van der Waals surface area contributed by atoms with E-state index in [2.05, 4.69) is 19.0 Å². The summed E-state index contributed by atoms with van der Waals surface area (Å²) in [7, 11) is 6.12. The van der Waals surface area contributed by atoms with E-state index in [-0.39, 0.29) is 18.3 Å². The standard InChI is InChI=1S/C16H23ClN2O.ClH/c1-18(2)14-6-4-5-7-15(14)19(3)16(20)12-8-10-13(17)11-9-12;/h8-11,14-15H,4-7H2,1-3H3;1H/t14-,15-;/m1./s1. The number of benzene rings is 1. The van der Waals surface area contributed by atoms with Gasteiger partial charge >= 0.3 is 0 Å². The molecule has 0 unspecified atom stereocenters. The first-order chi connectivity index (χ1) is 9.50. The highest BCUT2D eigenvalue weighted by Gasteiger charge is 2.32. The predicted molar refractivity (Wildman–Crippen MR) is 90.5 cm³/mol. The number of hydrogen-bond donors (Lipinski definition) is 0. The van der Waals surface area contributed by atoms with Crippen LogP contribution in [0.15, 0.2) is 24.3 Å². The zero-order valence-corrected chi connectivity index (χ0v) is 14.5. The molecule has 1 aliphatic carbocycles. The van der Waals surface area contributed by atoms with Crippen molar-refractivity contribution >= 4 is 29.9 Å². The van der Waals surface area contributed by atoms with E-state index in [9.17, 15) is 4.79 Å². The van der Waals surface area contributed by atoms with Crippen LogP contribution in [-0.4, -0.2) is 48.9 Å². The molecule has 3 nitrogen and oxygen atoms in total. The summed E-state index contributed by atoms with van der Waals surface area (Å²) in [6.45, 7) is 0. The van der Waals surface area contributed by atoms with Crippen LogP contribution in [0.3, 0.4) is 0 Å². The van der Waals surface area contributed by atoms with Crippen LogP contribution in [0.25, 0.3) is 0 Å². The second-order valence-corrected chi connectivity index (χ2v) is 6.24.